The topological polar surface area (TPSA) is 82.9 Å². The van der Waals surface area contributed by atoms with Crippen LogP contribution >= 0.6 is 0 Å². The van der Waals surface area contributed by atoms with Crippen molar-refractivity contribution in [2.24, 2.45) is 0 Å². The van der Waals surface area contributed by atoms with Gasteiger partial charge in [-0.1, -0.05) is 0 Å². The first-order valence-corrected chi connectivity index (χ1v) is 9.19. The molecule has 2 aromatic rings. The molecular weight excluding hydrogens is 338 g/mol. The van der Waals surface area contributed by atoms with Crippen molar-refractivity contribution in [3.05, 3.63) is 35.9 Å². The van der Waals surface area contributed by atoms with Gasteiger partial charge in [0.25, 0.3) is 0 Å². The number of nitrogens with one attached hydrogen (secondary N) is 2. The normalized spacial score (nSPS) is 18.5. The Balaban J connectivity index is 1.77. The Bertz CT molecular complexity index is 836. The van der Waals surface area contributed by atoms with Crippen LogP contribution in [0.15, 0.2) is 30.3 Å². The van der Waals surface area contributed by atoms with Gasteiger partial charge in [-0.15, -0.1) is 10.2 Å². The predicted octanol–water partition coefficient (Wildman–Crippen LogP) is 3.74. The maximum Gasteiger partial charge on any atom is 0.148 e. The molecule has 0 radical (unpaired) electrons. The van der Waals surface area contributed by atoms with E-state index in [9.17, 15) is 0 Å². The van der Waals surface area contributed by atoms with Crippen LogP contribution in [-0.4, -0.2) is 34.4 Å². The quantitative estimate of drug-likeness (QED) is 0.859. The predicted molar refractivity (Wildman–Crippen MR) is 107 cm³/mol. The molecule has 27 heavy (non-hydrogen) atoms. The lowest BCUT2D eigenvalue weighted by atomic mass is 9.79. The fourth-order valence-electron chi connectivity index (χ4n) is 4.16. The molecule has 0 amide bonds. The Labute approximate surface area is 161 Å². The summed E-state index contributed by atoms with van der Waals surface area (Å²) >= 11 is 0. The fourth-order valence-corrected chi connectivity index (χ4v) is 4.16. The first-order valence-electron chi connectivity index (χ1n) is 9.19. The number of anilines is 1. The monoisotopic (exact) mass is 365 g/mol. The molecule has 0 spiro atoms. The average molecular weight is 365 g/mol. The number of nitriles is 1. The molecule has 0 bridgehead atoms. The van der Waals surface area contributed by atoms with Crippen LogP contribution in [-0.2, 0) is 0 Å². The van der Waals surface area contributed by atoms with E-state index in [4.69, 9.17) is 10.00 Å². The molecule has 1 fully saturated rings. The first-order chi connectivity index (χ1) is 12.7. The molecule has 2 heterocycles. The van der Waals surface area contributed by atoms with Gasteiger partial charge >= 0.3 is 0 Å². The lowest BCUT2D eigenvalue weighted by molar-refractivity contribution is 0.170. The van der Waals surface area contributed by atoms with Gasteiger partial charge in [0.05, 0.1) is 24.4 Å². The summed E-state index contributed by atoms with van der Waals surface area (Å²) in [6.45, 7) is 8.92. The van der Waals surface area contributed by atoms with E-state index in [1.807, 2.05) is 18.2 Å². The van der Waals surface area contributed by atoms with Gasteiger partial charge in [-0.2, -0.15) is 5.26 Å². The lowest BCUT2D eigenvalue weighted by Crippen LogP contribution is -2.60. The molecule has 0 aliphatic carbocycles. The SMILES string of the molecule is COc1cc(C#N)ccc1-c1ccc(NC2CC(C)(C)NC(C)(C)C2)nn1. The molecule has 142 valence electrons. The third-order valence-corrected chi connectivity index (χ3v) is 4.81. The molecule has 6 heteroatoms. The molecule has 0 atom stereocenters. The first kappa shape index (κ1) is 19.1. The van der Waals surface area contributed by atoms with Gasteiger partial charge in [0, 0.05) is 22.7 Å². The summed E-state index contributed by atoms with van der Waals surface area (Å²) in [6.07, 6.45) is 2.03. The van der Waals surface area contributed by atoms with Crippen LogP contribution in [0, 0.1) is 11.3 Å². The maximum absolute atomic E-state index is 9.04. The van der Waals surface area contributed by atoms with Gasteiger partial charge in [-0.25, -0.2) is 0 Å². The van der Waals surface area contributed by atoms with Crippen LogP contribution in [0.2, 0.25) is 0 Å². The zero-order valence-electron chi connectivity index (χ0n) is 16.6. The molecular formula is C21H27N5O. The van der Waals surface area contributed by atoms with Crippen LogP contribution in [0.3, 0.4) is 0 Å². The van der Waals surface area contributed by atoms with Crippen molar-refractivity contribution in [1.82, 2.24) is 15.5 Å². The van der Waals surface area contributed by atoms with E-state index < -0.39 is 0 Å². The van der Waals surface area contributed by atoms with Crippen molar-refractivity contribution in [3.8, 4) is 23.1 Å². The molecule has 0 unspecified atom stereocenters. The highest BCUT2D eigenvalue weighted by Crippen LogP contribution is 2.31. The molecule has 1 aromatic carbocycles. The van der Waals surface area contributed by atoms with E-state index in [-0.39, 0.29) is 11.1 Å². The van der Waals surface area contributed by atoms with Gasteiger partial charge in [0.15, 0.2) is 0 Å². The second-order valence-electron chi connectivity index (χ2n) is 8.47. The Kier molecular flexibility index (Phi) is 5.07. The van der Waals surface area contributed by atoms with Crippen LogP contribution in [0.5, 0.6) is 5.75 Å². The average Bonchev–Trinajstić information content (AvgIpc) is 2.59. The highest BCUT2D eigenvalue weighted by Gasteiger charge is 2.37. The second kappa shape index (κ2) is 7.16. The number of aromatic nitrogens is 2. The summed E-state index contributed by atoms with van der Waals surface area (Å²) in [4.78, 5) is 0. The zero-order chi connectivity index (χ0) is 19.7. The van der Waals surface area contributed by atoms with E-state index in [0.717, 1.165) is 24.2 Å². The van der Waals surface area contributed by atoms with E-state index in [0.29, 0.717) is 23.0 Å². The summed E-state index contributed by atoms with van der Waals surface area (Å²) in [5, 5.41) is 25.0. The van der Waals surface area contributed by atoms with Crippen LogP contribution in [0.1, 0.15) is 46.1 Å². The van der Waals surface area contributed by atoms with E-state index in [1.54, 1.807) is 19.2 Å². The van der Waals surface area contributed by atoms with Gasteiger partial charge in [-0.05, 0) is 70.9 Å². The molecule has 6 nitrogen and oxygen atoms in total. The summed E-state index contributed by atoms with van der Waals surface area (Å²) in [6, 6.07) is 11.6. The summed E-state index contributed by atoms with van der Waals surface area (Å²) < 4.78 is 5.40. The van der Waals surface area contributed by atoms with Crippen molar-refractivity contribution < 1.29 is 4.74 Å². The fraction of sp³-hybridized carbons (Fsp3) is 0.476. The summed E-state index contributed by atoms with van der Waals surface area (Å²) in [5.41, 5.74) is 2.23. The highest BCUT2D eigenvalue weighted by molar-refractivity contribution is 5.68. The zero-order valence-corrected chi connectivity index (χ0v) is 16.6. The molecule has 1 saturated heterocycles. The third kappa shape index (κ3) is 4.55. The van der Waals surface area contributed by atoms with E-state index in [2.05, 4.69) is 54.6 Å². The molecule has 0 saturated carbocycles. The highest BCUT2D eigenvalue weighted by atomic mass is 16.5. The van der Waals surface area contributed by atoms with Crippen LogP contribution < -0.4 is 15.4 Å². The number of methoxy groups -OCH3 is 1. The standard InChI is InChI=1S/C21H27N5O/c1-20(2)11-15(12-21(3,4)26-20)23-19-9-8-17(24-25-19)16-7-6-14(13-22)10-18(16)27-5/h6-10,15,26H,11-12H2,1-5H3,(H,23,25). The number of piperidine rings is 1. The van der Waals surface area contributed by atoms with Crippen molar-refractivity contribution >= 4 is 5.82 Å². The number of nitrogens with zero attached hydrogens (tertiary/aromatic N) is 3. The Morgan fingerprint density at radius 1 is 1.11 bits per heavy atom. The van der Waals surface area contributed by atoms with Crippen molar-refractivity contribution in [2.45, 2.75) is 57.7 Å². The molecule has 1 aromatic heterocycles. The van der Waals surface area contributed by atoms with Gasteiger partial charge in [0.1, 0.15) is 11.6 Å². The van der Waals surface area contributed by atoms with Crippen molar-refractivity contribution in [2.75, 3.05) is 12.4 Å². The third-order valence-electron chi connectivity index (χ3n) is 4.81. The molecule has 3 rings (SSSR count). The minimum atomic E-state index is 0.0721. The largest absolute Gasteiger partial charge is 0.496 e. The van der Waals surface area contributed by atoms with Gasteiger partial charge in [0.2, 0.25) is 0 Å². The van der Waals surface area contributed by atoms with Gasteiger partial charge < -0.3 is 15.4 Å². The molecule has 2 N–H and O–H groups in total. The Morgan fingerprint density at radius 3 is 2.37 bits per heavy atom. The Hall–Kier alpha value is -2.65. The number of ether oxygens (including phenoxy) is 1. The molecule has 1 aliphatic rings. The van der Waals surface area contributed by atoms with E-state index in [1.165, 1.54) is 0 Å². The Morgan fingerprint density at radius 2 is 1.81 bits per heavy atom. The number of benzene rings is 1. The molecule has 1 aliphatic heterocycles. The van der Waals surface area contributed by atoms with Crippen molar-refractivity contribution in [3.63, 3.8) is 0 Å². The number of hydrogen-bond acceptors (Lipinski definition) is 6. The lowest BCUT2D eigenvalue weighted by Gasteiger charge is -2.46. The summed E-state index contributed by atoms with van der Waals surface area (Å²) in [7, 11) is 1.59. The second-order valence-corrected chi connectivity index (χ2v) is 8.47. The summed E-state index contributed by atoms with van der Waals surface area (Å²) in [5.74, 6) is 1.38. The van der Waals surface area contributed by atoms with Crippen molar-refractivity contribution in [1.29, 1.82) is 5.26 Å². The van der Waals surface area contributed by atoms with Gasteiger partial charge in [-0.3, -0.25) is 0 Å². The van der Waals surface area contributed by atoms with E-state index >= 15 is 0 Å². The number of rotatable bonds is 4. The minimum Gasteiger partial charge on any atom is -0.496 e. The smallest absolute Gasteiger partial charge is 0.148 e. The van der Waals surface area contributed by atoms with Crippen LogP contribution in [0.25, 0.3) is 11.3 Å². The maximum atomic E-state index is 9.04. The minimum absolute atomic E-state index is 0.0721. The number of hydrogen-bond donors (Lipinski definition) is 2. The van der Waals surface area contributed by atoms with Crippen LogP contribution in [0.4, 0.5) is 5.82 Å².